The summed E-state index contributed by atoms with van der Waals surface area (Å²) in [6, 6.07) is 1.55. The Morgan fingerprint density at radius 3 is 2.50 bits per heavy atom. The maximum absolute atomic E-state index is 12.4. The highest BCUT2D eigenvalue weighted by Gasteiger charge is 2.32. The summed E-state index contributed by atoms with van der Waals surface area (Å²) in [6.45, 7) is 3.30. The van der Waals surface area contributed by atoms with Gasteiger partial charge in [0.25, 0.3) is 10.0 Å². The average molecular weight is 336 g/mol. The zero-order valence-corrected chi connectivity index (χ0v) is 13.0. The molecule has 1 saturated heterocycles. The summed E-state index contributed by atoms with van der Waals surface area (Å²) in [7, 11) is -1.73. The van der Waals surface area contributed by atoms with Crippen molar-refractivity contribution in [1.29, 1.82) is 0 Å². The Morgan fingerprint density at radius 2 is 2.06 bits per heavy atom. The summed E-state index contributed by atoms with van der Waals surface area (Å²) < 4.78 is 27.8. The largest absolute Gasteiger partial charge is 0.260 e. The molecule has 0 spiro atoms. The first-order chi connectivity index (χ1) is 8.43. The molecule has 1 aliphatic heterocycles. The summed E-state index contributed by atoms with van der Waals surface area (Å²) in [5.74, 6) is 0.558. The zero-order valence-electron chi connectivity index (χ0n) is 10.6. The lowest BCUT2D eigenvalue weighted by Gasteiger charge is -2.32. The lowest BCUT2D eigenvalue weighted by Crippen LogP contribution is -2.40. The minimum Gasteiger partial charge on any atom is -0.256 e. The molecular weight excluding hydrogens is 318 g/mol. The number of halogens is 1. The smallest absolute Gasteiger partial charge is 0.256 e. The van der Waals surface area contributed by atoms with Crippen LogP contribution in [0.5, 0.6) is 0 Å². The van der Waals surface area contributed by atoms with Crippen LogP contribution in [0.25, 0.3) is 0 Å². The monoisotopic (exact) mass is 335 g/mol. The molecule has 1 unspecified atom stereocenters. The van der Waals surface area contributed by atoms with Crippen LogP contribution in [0.4, 0.5) is 0 Å². The Kier molecular flexibility index (Phi) is 4.13. The summed E-state index contributed by atoms with van der Waals surface area (Å²) >= 11 is 3.57. The molecule has 0 amide bonds. The summed E-state index contributed by atoms with van der Waals surface area (Å²) in [5, 5.41) is 4.20. The normalized spacial score (nSPS) is 21.1. The number of rotatable bonds is 3. The van der Waals surface area contributed by atoms with Crippen molar-refractivity contribution in [1.82, 2.24) is 14.1 Å². The van der Waals surface area contributed by atoms with E-state index in [2.05, 4.69) is 28.0 Å². The van der Waals surface area contributed by atoms with Crippen molar-refractivity contribution in [2.24, 2.45) is 13.0 Å². The highest BCUT2D eigenvalue weighted by Crippen LogP contribution is 2.28. The third-order valence-electron chi connectivity index (χ3n) is 3.53. The molecule has 2 rings (SSSR count). The first-order valence-electron chi connectivity index (χ1n) is 6.05. The van der Waals surface area contributed by atoms with Gasteiger partial charge in [-0.05, 0) is 24.8 Å². The first-order valence-corrected chi connectivity index (χ1v) is 8.40. The van der Waals surface area contributed by atoms with E-state index in [4.69, 9.17) is 0 Å². The standard InChI is InChI=1S/C11H18BrN3O2S/c1-9(12)10-4-7-15(8-5-10)18(16,17)11-3-6-13-14(11)2/h3,6,9-10H,4-5,7-8H2,1-2H3. The van der Waals surface area contributed by atoms with E-state index in [0.29, 0.717) is 23.8 Å². The lowest BCUT2D eigenvalue weighted by atomic mass is 9.96. The van der Waals surface area contributed by atoms with Crippen molar-refractivity contribution in [3.05, 3.63) is 12.3 Å². The Balaban J connectivity index is 2.12. The second kappa shape index (κ2) is 5.30. The van der Waals surface area contributed by atoms with Crippen LogP contribution in [0.15, 0.2) is 17.3 Å². The van der Waals surface area contributed by atoms with Crippen LogP contribution in [0, 0.1) is 5.92 Å². The van der Waals surface area contributed by atoms with Gasteiger partial charge in [-0.2, -0.15) is 9.40 Å². The fourth-order valence-electron chi connectivity index (χ4n) is 2.32. The molecule has 0 N–H and O–H groups in total. The predicted octanol–water partition coefficient (Wildman–Crippen LogP) is 1.60. The number of aryl methyl sites for hydroxylation is 1. The van der Waals surface area contributed by atoms with E-state index in [1.165, 1.54) is 10.9 Å². The van der Waals surface area contributed by atoms with Crippen LogP contribution in [0.3, 0.4) is 0 Å². The van der Waals surface area contributed by atoms with Gasteiger partial charge in [0.15, 0.2) is 5.03 Å². The van der Waals surface area contributed by atoms with Gasteiger partial charge in [-0.25, -0.2) is 8.42 Å². The van der Waals surface area contributed by atoms with Gasteiger partial charge in [0, 0.05) is 25.0 Å². The van der Waals surface area contributed by atoms with E-state index >= 15 is 0 Å². The van der Waals surface area contributed by atoms with Gasteiger partial charge >= 0.3 is 0 Å². The van der Waals surface area contributed by atoms with E-state index in [1.807, 2.05) is 0 Å². The predicted molar refractivity (Wildman–Crippen MR) is 73.1 cm³/mol. The van der Waals surface area contributed by atoms with Crippen molar-refractivity contribution < 1.29 is 8.42 Å². The topological polar surface area (TPSA) is 55.2 Å². The molecule has 7 heteroatoms. The molecule has 0 aliphatic carbocycles. The molecule has 0 radical (unpaired) electrons. The third-order valence-corrected chi connectivity index (χ3v) is 6.25. The molecule has 0 aromatic carbocycles. The SMILES string of the molecule is CC(Br)C1CCN(S(=O)(=O)c2ccnn2C)CC1. The minimum absolute atomic E-state index is 0.271. The second-order valence-electron chi connectivity index (χ2n) is 4.71. The van der Waals surface area contributed by atoms with Crippen LogP contribution < -0.4 is 0 Å². The lowest BCUT2D eigenvalue weighted by molar-refractivity contribution is 0.273. The molecule has 0 bridgehead atoms. The molecule has 1 fully saturated rings. The fraction of sp³-hybridized carbons (Fsp3) is 0.727. The van der Waals surface area contributed by atoms with Crippen molar-refractivity contribution in [2.75, 3.05) is 13.1 Å². The molecular formula is C11H18BrN3O2S. The van der Waals surface area contributed by atoms with Crippen LogP contribution in [0.1, 0.15) is 19.8 Å². The van der Waals surface area contributed by atoms with Crippen molar-refractivity contribution in [2.45, 2.75) is 29.6 Å². The highest BCUT2D eigenvalue weighted by molar-refractivity contribution is 9.09. The molecule has 102 valence electrons. The third kappa shape index (κ3) is 2.62. The van der Waals surface area contributed by atoms with Crippen molar-refractivity contribution >= 4 is 26.0 Å². The van der Waals surface area contributed by atoms with E-state index in [9.17, 15) is 8.42 Å². The maximum atomic E-state index is 12.4. The Labute approximate surface area is 116 Å². The van der Waals surface area contributed by atoms with Crippen LogP contribution in [-0.4, -0.2) is 40.4 Å². The average Bonchev–Trinajstić information content (AvgIpc) is 2.76. The Morgan fingerprint density at radius 1 is 1.44 bits per heavy atom. The first kappa shape index (κ1) is 14.0. The maximum Gasteiger partial charge on any atom is 0.260 e. The number of hydrogen-bond acceptors (Lipinski definition) is 3. The summed E-state index contributed by atoms with van der Waals surface area (Å²) in [4.78, 5) is 0.444. The number of sulfonamides is 1. The number of hydrogen-bond donors (Lipinski definition) is 0. The number of aromatic nitrogens is 2. The van der Waals surface area contributed by atoms with Gasteiger partial charge < -0.3 is 0 Å². The van der Waals surface area contributed by atoms with Crippen molar-refractivity contribution in [3.63, 3.8) is 0 Å². The summed E-state index contributed by atoms with van der Waals surface area (Å²) in [6.07, 6.45) is 3.33. The number of nitrogens with zero attached hydrogens (tertiary/aromatic N) is 3. The van der Waals surface area contributed by atoms with Gasteiger partial charge in [0.2, 0.25) is 0 Å². The molecule has 1 aromatic rings. The van der Waals surface area contributed by atoms with Crippen LogP contribution in [0.2, 0.25) is 0 Å². The van der Waals surface area contributed by atoms with Gasteiger partial charge in [-0.15, -0.1) is 0 Å². The molecule has 18 heavy (non-hydrogen) atoms. The van der Waals surface area contributed by atoms with E-state index in [-0.39, 0.29) is 5.03 Å². The second-order valence-corrected chi connectivity index (χ2v) is 8.04. The van der Waals surface area contributed by atoms with Gasteiger partial charge in [0.05, 0.1) is 6.20 Å². The fourth-order valence-corrected chi connectivity index (χ4v) is 4.42. The molecule has 1 aromatic heterocycles. The molecule has 0 saturated carbocycles. The zero-order chi connectivity index (χ0) is 13.3. The molecule has 1 aliphatic rings. The Hall–Kier alpha value is -0.400. The number of alkyl halides is 1. The highest BCUT2D eigenvalue weighted by atomic mass is 79.9. The van der Waals surface area contributed by atoms with Gasteiger partial charge in [0.1, 0.15) is 0 Å². The summed E-state index contributed by atoms with van der Waals surface area (Å²) in [5.41, 5.74) is 0. The molecule has 5 nitrogen and oxygen atoms in total. The molecule has 1 atom stereocenters. The minimum atomic E-state index is -3.38. The van der Waals surface area contributed by atoms with E-state index < -0.39 is 10.0 Å². The quantitative estimate of drug-likeness (QED) is 0.788. The van der Waals surface area contributed by atoms with Gasteiger partial charge in [-0.1, -0.05) is 22.9 Å². The van der Waals surface area contributed by atoms with Crippen molar-refractivity contribution in [3.8, 4) is 0 Å². The van der Waals surface area contributed by atoms with Crippen LogP contribution in [-0.2, 0) is 17.1 Å². The van der Waals surface area contributed by atoms with E-state index in [1.54, 1.807) is 17.4 Å². The Bertz CT molecular complexity index is 504. The van der Waals surface area contributed by atoms with Crippen LogP contribution >= 0.6 is 15.9 Å². The molecule has 2 heterocycles. The van der Waals surface area contributed by atoms with E-state index in [0.717, 1.165) is 12.8 Å². The van der Waals surface area contributed by atoms with Gasteiger partial charge in [-0.3, -0.25) is 4.68 Å². The number of piperidine rings is 1.